The summed E-state index contributed by atoms with van der Waals surface area (Å²) in [5.74, 6) is 0.928. The number of benzene rings is 2. The molecule has 1 N–H and O–H groups in total. The molecule has 26 heavy (non-hydrogen) atoms. The number of anilines is 1. The number of nitrogens with zero attached hydrogens (tertiary/aromatic N) is 2. The van der Waals surface area contributed by atoms with Crippen LogP contribution >= 0.6 is 27.7 Å². The number of phenolic OH excluding ortho intramolecular Hbond substituents is 1. The minimum absolute atomic E-state index is 0.186. The molecule has 0 bridgehead atoms. The topological polar surface area (TPSA) is 43.8 Å². The number of rotatable bonds is 4. The van der Waals surface area contributed by atoms with Gasteiger partial charge in [-0.25, -0.2) is 0 Å². The Morgan fingerprint density at radius 3 is 2.54 bits per heavy atom. The van der Waals surface area contributed by atoms with Crippen LogP contribution in [0.3, 0.4) is 0 Å². The number of hydrogen-bond acceptors (Lipinski definition) is 4. The summed E-state index contributed by atoms with van der Waals surface area (Å²) < 4.78 is 1.11. The third-order valence-electron chi connectivity index (χ3n) is 4.63. The molecule has 1 heterocycles. The van der Waals surface area contributed by atoms with Crippen LogP contribution in [0.25, 0.3) is 0 Å². The van der Waals surface area contributed by atoms with E-state index in [0.717, 1.165) is 28.1 Å². The van der Waals surface area contributed by atoms with E-state index in [9.17, 15) is 9.90 Å². The van der Waals surface area contributed by atoms with Crippen molar-refractivity contribution in [1.82, 2.24) is 4.90 Å². The largest absolute Gasteiger partial charge is 0.508 e. The first-order valence-corrected chi connectivity index (χ1v) is 10.4. The number of halogens is 1. The Morgan fingerprint density at radius 2 is 1.85 bits per heavy atom. The molecule has 1 aliphatic rings. The van der Waals surface area contributed by atoms with E-state index < -0.39 is 0 Å². The number of thioether (sulfide) groups is 1. The molecule has 2 aromatic carbocycles. The smallest absolute Gasteiger partial charge is 0.233 e. The van der Waals surface area contributed by atoms with Crippen LogP contribution in [0, 0.1) is 13.8 Å². The summed E-state index contributed by atoms with van der Waals surface area (Å²) in [6.07, 6.45) is 0. The van der Waals surface area contributed by atoms with Crippen molar-refractivity contribution in [2.45, 2.75) is 18.7 Å². The lowest BCUT2D eigenvalue weighted by Crippen LogP contribution is -2.49. The summed E-state index contributed by atoms with van der Waals surface area (Å²) in [6, 6.07) is 11.5. The number of carbonyl (C=O) groups excluding carboxylic acids is 1. The van der Waals surface area contributed by atoms with Crippen molar-refractivity contribution >= 4 is 39.3 Å². The number of amides is 1. The van der Waals surface area contributed by atoms with Gasteiger partial charge in [-0.2, -0.15) is 0 Å². The third-order valence-corrected chi connectivity index (χ3v) is 6.63. The van der Waals surface area contributed by atoms with Gasteiger partial charge in [-0.15, -0.1) is 11.8 Å². The van der Waals surface area contributed by atoms with Crippen LogP contribution in [0.5, 0.6) is 5.75 Å². The van der Waals surface area contributed by atoms with Gasteiger partial charge in [0.05, 0.1) is 5.75 Å². The molecule has 0 aliphatic carbocycles. The van der Waals surface area contributed by atoms with E-state index in [1.54, 1.807) is 23.9 Å². The normalized spacial score (nSPS) is 14.6. The minimum atomic E-state index is 0.186. The standard InChI is InChI=1S/C20H23BrN2O2S/c1-14-11-19(15(2)10-18(14)21)26-13-20(25)23-8-6-22(7-9-23)16-4-3-5-17(24)12-16/h3-5,10-12,24H,6-9,13H2,1-2H3. The molecule has 138 valence electrons. The van der Waals surface area contributed by atoms with E-state index in [2.05, 4.69) is 46.8 Å². The quantitative estimate of drug-likeness (QED) is 0.731. The van der Waals surface area contributed by atoms with Gasteiger partial charge >= 0.3 is 0 Å². The molecule has 3 rings (SSSR count). The van der Waals surface area contributed by atoms with Crippen molar-refractivity contribution in [3.8, 4) is 5.75 Å². The van der Waals surface area contributed by atoms with Crippen LogP contribution in [-0.4, -0.2) is 47.8 Å². The first-order chi connectivity index (χ1) is 12.4. The van der Waals surface area contributed by atoms with Crippen molar-refractivity contribution in [3.05, 3.63) is 52.0 Å². The van der Waals surface area contributed by atoms with Gasteiger partial charge in [-0.1, -0.05) is 22.0 Å². The Morgan fingerprint density at radius 1 is 1.12 bits per heavy atom. The van der Waals surface area contributed by atoms with Gasteiger partial charge in [-0.05, 0) is 49.2 Å². The van der Waals surface area contributed by atoms with E-state index in [4.69, 9.17) is 0 Å². The SMILES string of the molecule is Cc1cc(SCC(=O)N2CCN(c3cccc(O)c3)CC2)c(C)cc1Br. The lowest BCUT2D eigenvalue weighted by molar-refractivity contribution is -0.128. The fraction of sp³-hybridized carbons (Fsp3) is 0.350. The molecule has 0 radical (unpaired) electrons. The lowest BCUT2D eigenvalue weighted by atomic mass is 10.2. The lowest BCUT2D eigenvalue weighted by Gasteiger charge is -2.36. The molecule has 1 fully saturated rings. The van der Waals surface area contributed by atoms with Crippen LogP contribution in [0.15, 0.2) is 45.8 Å². The fourth-order valence-electron chi connectivity index (χ4n) is 3.04. The van der Waals surface area contributed by atoms with Crippen molar-refractivity contribution in [3.63, 3.8) is 0 Å². The van der Waals surface area contributed by atoms with E-state index >= 15 is 0 Å². The van der Waals surface area contributed by atoms with E-state index in [1.807, 2.05) is 17.0 Å². The van der Waals surface area contributed by atoms with Crippen molar-refractivity contribution < 1.29 is 9.90 Å². The molecular weight excluding hydrogens is 412 g/mol. The van der Waals surface area contributed by atoms with E-state index in [-0.39, 0.29) is 11.7 Å². The molecule has 0 spiro atoms. The van der Waals surface area contributed by atoms with Crippen molar-refractivity contribution in [2.24, 2.45) is 0 Å². The second-order valence-electron chi connectivity index (χ2n) is 6.54. The Bertz CT molecular complexity index is 804. The van der Waals surface area contributed by atoms with Crippen LogP contribution < -0.4 is 4.90 Å². The summed E-state index contributed by atoms with van der Waals surface area (Å²) in [5, 5.41) is 9.62. The Kier molecular flexibility index (Phi) is 6.14. The maximum atomic E-state index is 12.6. The first kappa shape index (κ1) is 19.1. The molecule has 1 aliphatic heterocycles. The van der Waals surface area contributed by atoms with Crippen LogP contribution in [-0.2, 0) is 4.79 Å². The Labute approximate surface area is 167 Å². The van der Waals surface area contributed by atoms with Gasteiger partial charge in [0, 0.05) is 47.3 Å². The molecule has 1 amide bonds. The van der Waals surface area contributed by atoms with Crippen molar-refractivity contribution in [1.29, 1.82) is 0 Å². The van der Waals surface area contributed by atoms with E-state index in [1.165, 1.54) is 11.1 Å². The average molecular weight is 435 g/mol. The predicted molar refractivity (Wildman–Crippen MR) is 111 cm³/mol. The highest BCUT2D eigenvalue weighted by molar-refractivity contribution is 9.10. The van der Waals surface area contributed by atoms with Gasteiger partial charge in [-0.3, -0.25) is 4.79 Å². The van der Waals surface area contributed by atoms with Crippen LogP contribution in [0.2, 0.25) is 0 Å². The molecule has 0 unspecified atom stereocenters. The number of hydrogen-bond donors (Lipinski definition) is 1. The van der Waals surface area contributed by atoms with Gasteiger partial charge in [0.1, 0.15) is 5.75 Å². The zero-order chi connectivity index (χ0) is 18.7. The summed E-state index contributed by atoms with van der Waals surface area (Å²) in [5.41, 5.74) is 3.38. The van der Waals surface area contributed by atoms with Gasteiger partial charge in [0.25, 0.3) is 0 Å². The summed E-state index contributed by atoms with van der Waals surface area (Å²) in [7, 11) is 0. The maximum Gasteiger partial charge on any atom is 0.233 e. The molecule has 6 heteroatoms. The summed E-state index contributed by atoms with van der Waals surface area (Å²) >= 11 is 5.16. The average Bonchev–Trinajstić information content (AvgIpc) is 2.63. The van der Waals surface area contributed by atoms with Gasteiger partial charge in [0.15, 0.2) is 0 Å². The highest BCUT2D eigenvalue weighted by Crippen LogP contribution is 2.29. The second-order valence-corrected chi connectivity index (χ2v) is 8.41. The first-order valence-electron chi connectivity index (χ1n) is 8.65. The number of aromatic hydroxyl groups is 1. The molecule has 0 atom stereocenters. The molecule has 1 saturated heterocycles. The highest BCUT2D eigenvalue weighted by atomic mass is 79.9. The highest BCUT2D eigenvalue weighted by Gasteiger charge is 2.21. The molecular formula is C20H23BrN2O2S. The number of carbonyl (C=O) groups is 1. The monoisotopic (exact) mass is 434 g/mol. The molecule has 0 aromatic heterocycles. The Hall–Kier alpha value is -1.66. The summed E-state index contributed by atoms with van der Waals surface area (Å²) in [6.45, 7) is 7.15. The number of phenols is 1. The maximum absolute atomic E-state index is 12.6. The predicted octanol–water partition coefficient (Wildman–Crippen LogP) is 4.21. The molecule has 2 aromatic rings. The van der Waals surface area contributed by atoms with Gasteiger partial charge in [0.2, 0.25) is 5.91 Å². The second kappa shape index (κ2) is 8.35. The zero-order valence-electron chi connectivity index (χ0n) is 15.0. The fourth-order valence-corrected chi connectivity index (χ4v) is 4.51. The van der Waals surface area contributed by atoms with Crippen LogP contribution in [0.4, 0.5) is 5.69 Å². The number of piperazine rings is 1. The van der Waals surface area contributed by atoms with Gasteiger partial charge < -0.3 is 14.9 Å². The Balaban J connectivity index is 1.53. The molecule has 4 nitrogen and oxygen atoms in total. The summed E-state index contributed by atoms with van der Waals surface area (Å²) in [4.78, 5) is 17.9. The third kappa shape index (κ3) is 4.54. The van der Waals surface area contributed by atoms with Crippen LogP contribution in [0.1, 0.15) is 11.1 Å². The van der Waals surface area contributed by atoms with Crippen molar-refractivity contribution in [2.75, 3.05) is 36.8 Å². The number of aryl methyl sites for hydroxylation is 2. The minimum Gasteiger partial charge on any atom is -0.508 e. The molecule has 0 saturated carbocycles. The zero-order valence-corrected chi connectivity index (χ0v) is 17.4. The van der Waals surface area contributed by atoms with E-state index in [0.29, 0.717) is 18.8 Å².